The van der Waals surface area contributed by atoms with Crippen molar-refractivity contribution in [3.05, 3.63) is 56.5 Å². The number of benzene rings is 2. The van der Waals surface area contributed by atoms with Crippen LogP contribution < -0.4 is 10.1 Å². The van der Waals surface area contributed by atoms with E-state index in [0.29, 0.717) is 13.0 Å². The first-order valence-corrected chi connectivity index (χ1v) is 11.7. The van der Waals surface area contributed by atoms with Gasteiger partial charge in [-0.3, -0.25) is 4.79 Å². The predicted molar refractivity (Wildman–Crippen MR) is 124 cm³/mol. The maximum Gasteiger partial charge on any atom is 0.303 e. The van der Waals surface area contributed by atoms with E-state index in [1.165, 1.54) is 32.1 Å². The fourth-order valence-corrected chi connectivity index (χ4v) is 5.24. The minimum Gasteiger partial charge on any atom is -0.487 e. The predicted octanol–water partition coefficient (Wildman–Crippen LogP) is 6.80. The molecule has 1 saturated carbocycles. The Morgan fingerprint density at radius 3 is 2.48 bits per heavy atom. The lowest BCUT2D eigenvalue weighted by Crippen LogP contribution is -2.17. The van der Waals surface area contributed by atoms with Crippen LogP contribution in [-0.4, -0.2) is 17.6 Å². The molecule has 156 valence electrons. The monoisotopic (exact) mass is 523 g/mol. The second-order valence-electron chi connectivity index (χ2n) is 7.66. The first-order valence-electron chi connectivity index (χ1n) is 10.2. The van der Waals surface area contributed by atoms with Gasteiger partial charge in [-0.15, -0.1) is 0 Å². The summed E-state index contributed by atoms with van der Waals surface area (Å²) in [6, 6.07) is 12.2. The average molecular weight is 525 g/mol. The van der Waals surface area contributed by atoms with Gasteiger partial charge >= 0.3 is 5.97 Å². The molecule has 0 radical (unpaired) electrons. The van der Waals surface area contributed by atoms with Gasteiger partial charge in [-0.25, -0.2) is 0 Å². The molecule has 2 N–H and O–H groups in total. The average Bonchev–Trinajstić information content (AvgIpc) is 2.71. The summed E-state index contributed by atoms with van der Waals surface area (Å²) >= 11 is 7.09. The molecule has 1 aliphatic rings. The molecule has 2 aromatic carbocycles. The van der Waals surface area contributed by atoms with Crippen molar-refractivity contribution >= 4 is 43.5 Å². The number of carboxylic acids is 1. The molecular weight excluding hydrogens is 498 g/mol. The fraction of sp³-hybridized carbons (Fsp3) is 0.435. The molecular formula is C23H27Br2NO3. The van der Waals surface area contributed by atoms with E-state index >= 15 is 0 Å². The van der Waals surface area contributed by atoms with Crippen LogP contribution in [0.4, 0.5) is 5.69 Å². The van der Waals surface area contributed by atoms with Crippen LogP contribution in [0.15, 0.2) is 45.3 Å². The van der Waals surface area contributed by atoms with Crippen molar-refractivity contribution in [2.45, 2.75) is 51.6 Å². The number of anilines is 1. The molecule has 3 rings (SSSR count). The Bertz CT molecular complexity index is 812. The van der Waals surface area contributed by atoms with Gasteiger partial charge in [0.2, 0.25) is 0 Å². The Labute approximate surface area is 189 Å². The molecule has 1 aliphatic carbocycles. The van der Waals surface area contributed by atoms with Crippen LogP contribution in [0.25, 0.3) is 0 Å². The highest BCUT2D eigenvalue weighted by Crippen LogP contribution is 2.36. The standard InChI is InChI=1S/C23H27Br2NO3/c24-20-12-17(9-10-22(27)28)13-21(25)23(20)29-15-18-7-4-8-19(11-18)26-14-16-5-2-1-3-6-16/h4,7-8,11-13,16,26H,1-3,5-6,9-10,14-15H2,(H,27,28). The fourth-order valence-electron chi connectivity index (χ4n) is 3.73. The first-order chi connectivity index (χ1) is 14.0. The molecule has 0 bridgehead atoms. The lowest BCUT2D eigenvalue weighted by atomic mass is 9.89. The van der Waals surface area contributed by atoms with Crippen LogP contribution in [0.2, 0.25) is 0 Å². The molecule has 0 amide bonds. The van der Waals surface area contributed by atoms with Crippen LogP contribution in [0.1, 0.15) is 49.7 Å². The third-order valence-electron chi connectivity index (χ3n) is 5.32. The molecule has 0 saturated heterocycles. The minimum atomic E-state index is -0.797. The number of nitrogens with one attached hydrogen (secondary N) is 1. The zero-order valence-corrected chi connectivity index (χ0v) is 19.6. The second-order valence-corrected chi connectivity index (χ2v) is 9.36. The zero-order chi connectivity index (χ0) is 20.6. The molecule has 2 aromatic rings. The van der Waals surface area contributed by atoms with Crippen LogP contribution >= 0.6 is 31.9 Å². The zero-order valence-electron chi connectivity index (χ0n) is 16.4. The van der Waals surface area contributed by atoms with E-state index in [9.17, 15) is 4.79 Å². The number of aliphatic carboxylic acids is 1. The van der Waals surface area contributed by atoms with E-state index < -0.39 is 5.97 Å². The summed E-state index contributed by atoms with van der Waals surface area (Å²) in [5.74, 6) is 0.717. The van der Waals surface area contributed by atoms with Gasteiger partial charge in [0.15, 0.2) is 0 Å². The highest BCUT2D eigenvalue weighted by Gasteiger charge is 2.13. The van der Waals surface area contributed by atoms with Crippen molar-refractivity contribution in [1.29, 1.82) is 0 Å². The normalized spacial score (nSPS) is 14.6. The summed E-state index contributed by atoms with van der Waals surface area (Å²) in [6.07, 6.45) is 7.37. The van der Waals surface area contributed by atoms with E-state index in [0.717, 1.165) is 44.0 Å². The van der Waals surface area contributed by atoms with E-state index in [4.69, 9.17) is 9.84 Å². The maximum absolute atomic E-state index is 10.8. The van der Waals surface area contributed by atoms with Crippen molar-refractivity contribution < 1.29 is 14.6 Å². The maximum atomic E-state index is 10.8. The summed E-state index contributed by atoms with van der Waals surface area (Å²) in [7, 11) is 0. The SMILES string of the molecule is O=C(O)CCc1cc(Br)c(OCc2cccc(NCC3CCCCC3)c2)c(Br)c1. The molecule has 1 fully saturated rings. The quantitative estimate of drug-likeness (QED) is 0.378. The van der Waals surface area contributed by atoms with E-state index in [-0.39, 0.29) is 6.42 Å². The summed E-state index contributed by atoms with van der Waals surface area (Å²) in [5.41, 5.74) is 3.19. The largest absolute Gasteiger partial charge is 0.487 e. The molecule has 6 heteroatoms. The van der Waals surface area contributed by atoms with Crippen LogP contribution in [-0.2, 0) is 17.8 Å². The lowest BCUT2D eigenvalue weighted by molar-refractivity contribution is -0.136. The van der Waals surface area contributed by atoms with E-state index in [1.807, 2.05) is 12.1 Å². The smallest absolute Gasteiger partial charge is 0.303 e. The summed E-state index contributed by atoms with van der Waals surface area (Å²) in [4.78, 5) is 10.8. The van der Waals surface area contributed by atoms with E-state index in [1.54, 1.807) is 0 Å². The Morgan fingerprint density at radius 1 is 1.07 bits per heavy atom. The Hall–Kier alpha value is -1.53. The molecule has 0 atom stereocenters. The Kier molecular flexibility index (Phi) is 8.42. The summed E-state index contributed by atoms with van der Waals surface area (Å²) in [6.45, 7) is 1.50. The molecule has 0 aliphatic heterocycles. The highest BCUT2D eigenvalue weighted by molar-refractivity contribution is 9.11. The summed E-state index contributed by atoms with van der Waals surface area (Å²) < 4.78 is 7.68. The van der Waals surface area contributed by atoms with Gasteiger partial charge < -0.3 is 15.2 Å². The molecule has 4 nitrogen and oxygen atoms in total. The van der Waals surface area contributed by atoms with Gasteiger partial charge in [0.25, 0.3) is 0 Å². The number of hydrogen-bond acceptors (Lipinski definition) is 3. The third kappa shape index (κ3) is 7.03. The number of carbonyl (C=O) groups is 1. The number of aryl methyl sites for hydroxylation is 1. The number of rotatable bonds is 9. The molecule has 0 heterocycles. The van der Waals surface area contributed by atoms with Crippen LogP contribution in [0, 0.1) is 5.92 Å². The van der Waals surface area contributed by atoms with Gasteiger partial charge in [0.05, 0.1) is 8.95 Å². The topological polar surface area (TPSA) is 58.6 Å². The number of halogens is 2. The number of ether oxygens (including phenoxy) is 1. The van der Waals surface area contributed by atoms with Crippen molar-refractivity contribution in [1.82, 2.24) is 0 Å². The van der Waals surface area contributed by atoms with Gasteiger partial charge in [-0.05, 0) is 92.4 Å². The van der Waals surface area contributed by atoms with Crippen molar-refractivity contribution in [3.8, 4) is 5.75 Å². The second kappa shape index (κ2) is 11.0. The van der Waals surface area contributed by atoms with Gasteiger partial charge in [0, 0.05) is 18.7 Å². The Balaban J connectivity index is 1.57. The highest BCUT2D eigenvalue weighted by atomic mass is 79.9. The van der Waals surface area contributed by atoms with Crippen molar-refractivity contribution in [2.75, 3.05) is 11.9 Å². The molecule has 0 spiro atoms. The third-order valence-corrected chi connectivity index (χ3v) is 6.49. The molecule has 0 unspecified atom stereocenters. The van der Waals surface area contributed by atoms with E-state index in [2.05, 4.69) is 61.4 Å². The molecule has 29 heavy (non-hydrogen) atoms. The number of hydrogen-bond donors (Lipinski definition) is 2. The lowest BCUT2D eigenvalue weighted by Gasteiger charge is -2.22. The van der Waals surface area contributed by atoms with Crippen LogP contribution in [0.5, 0.6) is 5.75 Å². The molecule has 0 aromatic heterocycles. The van der Waals surface area contributed by atoms with Gasteiger partial charge in [-0.2, -0.15) is 0 Å². The van der Waals surface area contributed by atoms with Gasteiger partial charge in [-0.1, -0.05) is 31.4 Å². The summed E-state index contributed by atoms with van der Waals surface area (Å²) in [5, 5.41) is 12.4. The van der Waals surface area contributed by atoms with Gasteiger partial charge in [0.1, 0.15) is 12.4 Å². The number of carboxylic acid groups (broad SMARTS) is 1. The first kappa shape index (κ1) is 22.2. The van der Waals surface area contributed by atoms with Crippen molar-refractivity contribution in [2.24, 2.45) is 5.92 Å². The minimum absolute atomic E-state index is 0.111. The Morgan fingerprint density at radius 2 is 1.79 bits per heavy atom. The van der Waals surface area contributed by atoms with Crippen molar-refractivity contribution in [3.63, 3.8) is 0 Å². The van der Waals surface area contributed by atoms with Crippen LogP contribution in [0.3, 0.4) is 0 Å².